The van der Waals surface area contributed by atoms with Crippen LogP contribution in [0, 0.1) is 6.92 Å². The first-order valence-corrected chi connectivity index (χ1v) is 14.8. The maximum absolute atomic E-state index is 13.7. The number of amides is 3. The van der Waals surface area contributed by atoms with Gasteiger partial charge in [-0.2, -0.15) is 5.10 Å². The molecule has 1 N–H and O–H groups in total. The van der Waals surface area contributed by atoms with Gasteiger partial charge in [-0.05, 0) is 56.7 Å². The fraction of sp³-hybridized carbons (Fsp3) is 0.452. The summed E-state index contributed by atoms with van der Waals surface area (Å²) in [6, 6.07) is 13.6. The van der Waals surface area contributed by atoms with Gasteiger partial charge in [0.25, 0.3) is 5.91 Å². The van der Waals surface area contributed by atoms with Crippen LogP contribution in [0.25, 0.3) is 0 Å². The molecule has 3 amide bonds. The lowest BCUT2D eigenvalue weighted by molar-refractivity contribution is -0.274. The van der Waals surface area contributed by atoms with Crippen LogP contribution in [0.5, 0.6) is 5.75 Å². The van der Waals surface area contributed by atoms with Gasteiger partial charge in [-0.25, -0.2) is 9.67 Å². The summed E-state index contributed by atoms with van der Waals surface area (Å²) in [5.41, 5.74) is 0.721. The van der Waals surface area contributed by atoms with E-state index in [1.165, 1.54) is 23.1 Å². The highest BCUT2D eigenvalue weighted by Crippen LogP contribution is 2.28. The summed E-state index contributed by atoms with van der Waals surface area (Å²) < 4.78 is 45.2. The molecule has 44 heavy (non-hydrogen) atoms. The topological polar surface area (TPSA) is 110 Å². The van der Waals surface area contributed by atoms with Crippen molar-refractivity contribution >= 4 is 17.7 Å². The van der Waals surface area contributed by atoms with E-state index in [1.54, 1.807) is 16.5 Å². The standard InChI is InChI=1S/C31H35F3N6O4/c1-21-35-28-24(20-22-10-3-2-4-11-22)36-29(42)25-13-7-8-17-39(25)27(41)15-9-16-38(18-19-40(28)37-21)30(43)23-12-5-6-14-26(23)44-31(32,33)34/h2-6,10-12,14,24-25H,7-9,13,15-20H2,1H3,(H,36,42)/t24-,25+/m1/s1. The van der Waals surface area contributed by atoms with Gasteiger partial charge in [-0.3, -0.25) is 14.4 Å². The van der Waals surface area contributed by atoms with Crippen molar-refractivity contribution in [3.8, 4) is 5.75 Å². The molecule has 0 saturated carbocycles. The van der Waals surface area contributed by atoms with Crippen LogP contribution in [-0.4, -0.2) is 74.3 Å². The maximum atomic E-state index is 13.7. The summed E-state index contributed by atoms with van der Waals surface area (Å²) in [7, 11) is 0. The molecular formula is C31H35F3N6O4. The summed E-state index contributed by atoms with van der Waals surface area (Å²) in [4.78, 5) is 48.4. The Morgan fingerprint density at radius 1 is 0.977 bits per heavy atom. The van der Waals surface area contributed by atoms with Gasteiger partial charge in [0.1, 0.15) is 23.4 Å². The number of benzene rings is 2. The molecule has 3 aromatic rings. The second kappa shape index (κ2) is 13.5. The molecule has 2 atom stereocenters. The third-order valence-corrected chi connectivity index (χ3v) is 7.87. The van der Waals surface area contributed by atoms with Crippen molar-refractivity contribution in [2.45, 2.75) is 70.4 Å². The Morgan fingerprint density at radius 3 is 2.50 bits per heavy atom. The van der Waals surface area contributed by atoms with Crippen LogP contribution in [0.2, 0.25) is 0 Å². The van der Waals surface area contributed by atoms with Crippen molar-refractivity contribution in [2.75, 3.05) is 19.6 Å². The molecule has 2 aromatic carbocycles. The molecule has 0 unspecified atom stereocenters. The summed E-state index contributed by atoms with van der Waals surface area (Å²) in [5.74, 6) is -0.756. The fourth-order valence-electron chi connectivity index (χ4n) is 5.84. The number of alkyl halides is 3. The molecule has 0 aliphatic carbocycles. The summed E-state index contributed by atoms with van der Waals surface area (Å²) in [6.45, 7) is 2.51. The lowest BCUT2D eigenvalue weighted by atomic mass is 9.99. The number of hydrogen-bond donors (Lipinski definition) is 1. The third-order valence-electron chi connectivity index (χ3n) is 7.87. The normalized spacial score (nSPS) is 20.3. The molecule has 2 aliphatic heterocycles. The molecule has 1 aromatic heterocycles. The summed E-state index contributed by atoms with van der Waals surface area (Å²) >= 11 is 0. The number of hydrogen-bond acceptors (Lipinski definition) is 6. The number of fused-ring (bicyclic) bond motifs is 2. The van der Waals surface area contributed by atoms with Crippen molar-refractivity contribution in [1.82, 2.24) is 29.9 Å². The molecule has 3 heterocycles. The average Bonchev–Trinajstić information content (AvgIpc) is 3.37. The molecule has 1 fully saturated rings. The van der Waals surface area contributed by atoms with Crippen molar-refractivity contribution in [1.29, 1.82) is 0 Å². The number of piperidine rings is 1. The maximum Gasteiger partial charge on any atom is 0.573 e. The van der Waals surface area contributed by atoms with Gasteiger partial charge < -0.3 is 19.9 Å². The van der Waals surface area contributed by atoms with Crippen LogP contribution >= 0.6 is 0 Å². The lowest BCUT2D eigenvalue weighted by Crippen LogP contribution is -2.53. The van der Waals surface area contributed by atoms with Gasteiger partial charge in [0.05, 0.1) is 18.2 Å². The Balaban J connectivity index is 1.50. The Labute approximate surface area is 253 Å². The van der Waals surface area contributed by atoms with Crippen molar-refractivity contribution < 1.29 is 32.3 Å². The van der Waals surface area contributed by atoms with Crippen LogP contribution in [0.4, 0.5) is 13.2 Å². The van der Waals surface area contributed by atoms with Crippen LogP contribution in [-0.2, 0) is 22.6 Å². The fourth-order valence-corrected chi connectivity index (χ4v) is 5.84. The number of aromatic nitrogens is 3. The molecule has 10 nitrogen and oxygen atoms in total. The van der Waals surface area contributed by atoms with E-state index < -0.39 is 30.1 Å². The second-order valence-corrected chi connectivity index (χ2v) is 11.0. The van der Waals surface area contributed by atoms with E-state index in [4.69, 9.17) is 0 Å². The number of para-hydroxylation sites is 1. The van der Waals surface area contributed by atoms with Crippen LogP contribution in [0.1, 0.15) is 65.7 Å². The SMILES string of the molecule is Cc1nc2n(n1)CCN(C(=O)c1ccccc1OC(F)(F)F)CCCC(=O)N1CCCC[C@H]1C(=O)N[C@@H]2Cc1ccccc1. The van der Waals surface area contributed by atoms with Gasteiger partial charge in [-0.15, -0.1) is 13.2 Å². The van der Waals surface area contributed by atoms with Crippen LogP contribution < -0.4 is 10.1 Å². The number of rotatable bonds is 4. The molecule has 2 aliphatic rings. The van der Waals surface area contributed by atoms with Gasteiger partial charge >= 0.3 is 6.36 Å². The Kier molecular flexibility index (Phi) is 9.50. The molecule has 13 heteroatoms. The van der Waals surface area contributed by atoms with E-state index in [9.17, 15) is 27.6 Å². The average molecular weight is 613 g/mol. The Morgan fingerprint density at radius 2 is 1.73 bits per heavy atom. The number of nitrogens with one attached hydrogen (secondary N) is 1. The first-order chi connectivity index (χ1) is 21.1. The first-order valence-electron chi connectivity index (χ1n) is 14.8. The van der Waals surface area contributed by atoms with Crippen molar-refractivity contribution in [3.05, 3.63) is 77.4 Å². The monoisotopic (exact) mass is 612 g/mol. The highest BCUT2D eigenvalue weighted by molar-refractivity contribution is 5.97. The number of nitrogens with zero attached hydrogens (tertiary/aromatic N) is 5. The summed E-state index contributed by atoms with van der Waals surface area (Å²) in [6.07, 6.45) is -2.11. The molecule has 0 spiro atoms. The highest BCUT2D eigenvalue weighted by Gasteiger charge is 2.36. The zero-order chi connectivity index (χ0) is 31.3. The molecule has 234 valence electrons. The molecule has 1 saturated heterocycles. The van der Waals surface area contributed by atoms with E-state index in [0.29, 0.717) is 31.0 Å². The van der Waals surface area contributed by atoms with E-state index in [1.807, 2.05) is 30.3 Å². The van der Waals surface area contributed by atoms with Crippen LogP contribution in [0.15, 0.2) is 54.6 Å². The third kappa shape index (κ3) is 7.56. The van der Waals surface area contributed by atoms with Gasteiger partial charge in [-0.1, -0.05) is 42.5 Å². The smallest absolute Gasteiger partial charge is 0.405 e. The zero-order valence-electron chi connectivity index (χ0n) is 24.4. The van der Waals surface area contributed by atoms with E-state index in [-0.39, 0.29) is 49.9 Å². The Bertz CT molecular complexity index is 1480. The van der Waals surface area contributed by atoms with Gasteiger partial charge in [0.2, 0.25) is 11.8 Å². The van der Waals surface area contributed by atoms with E-state index in [2.05, 4.69) is 20.1 Å². The van der Waals surface area contributed by atoms with Gasteiger partial charge in [0.15, 0.2) is 0 Å². The van der Waals surface area contributed by atoms with E-state index in [0.717, 1.165) is 24.5 Å². The minimum Gasteiger partial charge on any atom is -0.405 e. The zero-order valence-corrected chi connectivity index (χ0v) is 24.4. The summed E-state index contributed by atoms with van der Waals surface area (Å²) in [5, 5.41) is 7.68. The molecule has 0 radical (unpaired) electrons. The quantitative estimate of drug-likeness (QED) is 0.473. The highest BCUT2D eigenvalue weighted by atomic mass is 19.4. The Hall–Kier alpha value is -4.42. The van der Waals surface area contributed by atoms with Crippen molar-refractivity contribution in [3.63, 3.8) is 0 Å². The molecule has 0 bridgehead atoms. The van der Waals surface area contributed by atoms with Gasteiger partial charge in [0, 0.05) is 26.1 Å². The largest absolute Gasteiger partial charge is 0.573 e. The van der Waals surface area contributed by atoms with Crippen molar-refractivity contribution in [2.24, 2.45) is 0 Å². The second-order valence-electron chi connectivity index (χ2n) is 11.0. The number of halogens is 3. The number of aryl methyl sites for hydroxylation is 1. The lowest BCUT2D eigenvalue weighted by Gasteiger charge is -2.36. The number of carbonyl (C=O) groups excluding carboxylic acids is 3. The van der Waals surface area contributed by atoms with E-state index >= 15 is 0 Å². The number of ether oxygens (including phenoxy) is 1. The molecular weight excluding hydrogens is 577 g/mol. The predicted molar refractivity (Wildman–Crippen MR) is 153 cm³/mol. The number of carbonyl (C=O) groups is 3. The first kappa shape index (κ1) is 31.0. The minimum atomic E-state index is -4.97. The predicted octanol–water partition coefficient (Wildman–Crippen LogP) is 4.20. The molecule has 5 rings (SSSR count). The minimum absolute atomic E-state index is 0.0710. The van der Waals surface area contributed by atoms with Crippen LogP contribution in [0.3, 0.4) is 0 Å².